The highest BCUT2D eigenvalue weighted by atomic mass is 16.5. The average Bonchev–Trinajstić information content (AvgIpc) is 2.40. The van der Waals surface area contributed by atoms with Crippen LogP contribution in [0, 0.1) is 5.41 Å². The zero-order valence-electron chi connectivity index (χ0n) is 11.5. The van der Waals surface area contributed by atoms with Gasteiger partial charge in [-0.1, -0.05) is 38.1 Å². The van der Waals surface area contributed by atoms with Gasteiger partial charge in [0.15, 0.2) is 0 Å². The molecule has 1 aromatic carbocycles. The molecule has 0 aromatic heterocycles. The molecule has 18 heavy (non-hydrogen) atoms. The van der Waals surface area contributed by atoms with Crippen LogP contribution in [0.2, 0.25) is 0 Å². The summed E-state index contributed by atoms with van der Waals surface area (Å²) < 4.78 is 5.40. The summed E-state index contributed by atoms with van der Waals surface area (Å²) in [5, 5.41) is 9.69. The number of ether oxygens (including phenoxy) is 1. The van der Waals surface area contributed by atoms with E-state index >= 15 is 0 Å². The summed E-state index contributed by atoms with van der Waals surface area (Å²) in [4.78, 5) is 0. The molecule has 1 aliphatic rings. The normalized spacial score (nSPS) is 19.1. The maximum atomic E-state index is 9.69. The third kappa shape index (κ3) is 3.12. The van der Waals surface area contributed by atoms with E-state index in [1.54, 1.807) is 0 Å². The highest BCUT2D eigenvalue weighted by Gasteiger charge is 2.31. The van der Waals surface area contributed by atoms with Gasteiger partial charge in [0.1, 0.15) is 0 Å². The van der Waals surface area contributed by atoms with Crippen molar-refractivity contribution in [2.45, 2.75) is 39.0 Å². The van der Waals surface area contributed by atoms with Crippen LogP contribution in [0.3, 0.4) is 0 Å². The molecular weight excluding hydrogens is 224 g/mol. The van der Waals surface area contributed by atoms with Crippen molar-refractivity contribution in [3.63, 3.8) is 0 Å². The monoisotopic (exact) mass is 248 g/mol. The topological polar surface area (TPSA) is 29.5 Å². The van der Waals surface area contributed by atoms with Crippen molar-refractivity contribution in [1.29, 1.82) is 0 Å². The van der Waals surface area contributed by atoms with Gasteiger partial charge < -0.3 is 9.84 Å². The van der Waals surface area contributed by atoms with E-state index in [4.69, 9.17) is 4.74 Å². The number of aliphatic hydroxyl groups is 1. The van der Waals surface area contributed by atoms with E-state index in [2.05, 4.69) is 38.1 Å². The molecule has 1 fully saturated rings. The second kappa shape index (κ2) is 5.85. The maximum Gasteiger partial charge on any atom is 0.0492 e. The van der Waals surface area contributed by atoms with Crippen molar-refractivity contribution >= 4 is 0 Å². The largest absolute Gasteiger partial charge is 0.396 e. The average molecular weight is 248 g/mol. The quantitative estimate of drug-likeness (QED) is 0.887. The summed E-state index contributed by atoms with van der Waals surface area (Å²) in [5.41, 5.74) is 2.75. The van der Waals surface area contributed by atoms with Crippen LogP contribution < -0.4 is 0 Å². The number of benzene rings is 1. The summed E-state index contributed by atoms with van der Waals surface area (Å²) in [6, 6.07) is 8.85. The number of hydrogen-bond acceptors (Lipinski definition) is 2. The molecule has 0 amide bonds. The Balaban J connectivity index is 2.07. The molecule has 2 nitrogen and oxygen atoms in total. The highest BCUT2D eigenvalue weighted by molar-refractivity contribution is 5.25. The Morgan fingerprint density at radius 3 is 2.28 bits per heavy atom. The maximum absolute atomic E-state index is 9.69. The molecule has 1 saturated heterocycles. The Bertz CT molecular complexity index is 361. The van der Waals surface area contributed by atoms with E-state index in [1.807, 2.05) is 0 Å². The second-order valence-corrected chi connectivity index (χ2v) is 5.84. The van der Waals surface area contributed by atoms with E-state index in [1.165, 1.54) is 11.1 Å². The first kappa shape index (κ1) is 13.6. The molecule has 2 rings (SSSR count). The Labute approximate surface area is 110 Å². The van der Waals surface area contributed by atoms with Gasteiger partial charge in [0.2, 0.25) is 0 Å². The summed E-state index contributed by atoms with van der Waals surface area (Å²) in [6.45, 7) is 6.25. The first-order valence-electron chi connectivity index (χ1n) is 6.93. The van der Waals surface area contributed by atoms with E-state index in [0.717, 1.165) is 32.5 Å². The summed E-state index contributed by atoms with van der Waals surface area (Å²) in [5.74, 6) is 0.578. The van der Waals surface area contributed by atoms with Crippen molar-refractivity contribution in [2.24, 2.45) is 5.41 Å². The highest BCUT2D eigenvalue weighted by Crippen LogP contribution is 2.34. The lowest BCUT2D eigenvalue weighted by molar-refractivity contribution is -0.0157. The molecule has 100 valence electrons. The van der Waals surface area contributed by atoms with Crippen LogP contribution in [-0.4, -0.2) is 24.9 Å². The van der Waals surface area contributed by atoms with Gasteiger partial charge in [0, 0.05) is 25.2 Å². The SMILES string of the molecule is CC(C)c1ccc(CC2(CO)CCOCC2)cc1. The van der Waals surface area contributed by atoms with Gasteiger partial charge >= 0.3 is 0 Å². The fourth-order valence-electron chi connectivity index (χ4n) is 2.65. The standard InChI is InChI=1S/C16H24O2/c1-13(2)15-5-3-14(4-6-15)11-16(12-17)7-9-18-10-8-16/h3-6,13,17H,7-12H2,1-2H3. The zero-order chi connectivity index (χ0) is 13.0. The van der Waals surface area contributed by atoms with Gasteiger partial charge in [-0.15, -0.1) is 0 Å². The Kier molecular flexibility index (Phi) is 4.41. The molecule has 1 aliphatic heterocycles. The third-order valence-corrected chi connectivity index (χ3v) is 4.11. The Morgan fingerprint density at radius 2 is 1.78 bits per heavy atom. The molecule has 0 bridgehead atoms. The lowest BCUT2D eigenvalue weighted by Gasteiger charge is -2.35. The number of aliphatic hydroxyl groups excluding tert-OH is 1. The fraction of sp³-hybridized carbons (Fsp3) is 0.625. The van der Waals surface area contributed by atoms with E-state index in [9.17, 15) is 5.11 Å². The van der Waals surface area contributed by atoms with Crippen molar-refractivity contribution in [3.05, 3.63) is 35.4 Å². The molecule has 1 N–H and O–H groups in total. The smallest absolute Gasteiger partial charge is 0.0492 e. The van der Waals surface area contributed by atoms with Crippen LogP contribution >= 0.6 is 0 Å². The Morgan fingerprint density at radius 1 is 1.17 bits per heavy atom. The molecule has 0 spiro atoms. The zero-order valence-corrected chi connectivity index (χ0v) is 11.5. The minimum absolute atomic E-state index is 0.0393. The Hall–Kier alpha value is -0.860. The van der Waals surface area contributed by atoms with Crippen LogP contribution in [0.15, 0.2) is 24.3 Å². The molecule has 0 aliphatic carbocycles. The number of rotatable bonds is 4. The van der Waals surface area contributed by atoms with Crippen molar-refractivity contribution in [1.82, 2.24) is 0 Å². The second-order valence-electron chi connectivity index (χ2n) is 5.84. The van der Waals surface area contributed by atoms with Crippen LogP contribution in [0.25, 0.3) is 0 Å². The molecular formula is C16H24O2. The van der Waals surface area contributed by atoms with E-state index < -0.39 is 0 Å². The molecule has 0 radical (unpaired) electrons. The summed E-state index contributed by atoms with van der Waals surface area (Å²) in [6.07, 6.45) is 2.90. The third-order valence-electron chi connectivity index (χ3n) is 4.11. The van der Waals surface area contributed by atoms with Gasteiger partial charge in [-0.25, -0.2) is 0 Å². The number of hydrogen-bond donors (Lipinski definition) is 1. The van der Waals surface area contributed by atoms with Crippen molar-refractivity contribution in [3.8, 4) is 0 Å². The van der Waals surface area contributed by atoms with E-state index in [-0.39, 0.29) is 12.0 Å². The van der Waals surface area contributed by atoms with Crippen molar-refractivity contribution in [2.75, 3.05) is 19.8 Å². The molecule has 0 unspecified atom stereocenters. The van der Waals surface area contributed by atoms with Gasteiger partial charge in [0.25, 0.3) is 0 Å². The minimum atomic E-state index is 0.0393. The van der Waals surface area contributed by atoms with Crippen LogP contribution in [-0.2, 0) is 11.2 Å². The molecule has 0 saturated carbocycles. The molecule has 2 heteroatoms. The first-order valence-corrected chi connectivity index (χ1v) is 6.93. The molecule has 1 aromatic rings. The predicted molar refractivity (Wildman–Crippen MR) is 73.8 cm³/mol. The predicted octanol–water partition coefficient (Wildman–Crippen LogP) is 3.14. The van der Waals surface area contributed by atoms with Crippen LogP contribution in [0.4, 0.5) is 0 Å². The molecule has 1 heterocycles. The summed E-state index contributed by atoms with van der Waals surface area (Å²) in [7, 11) is 0. The fourth-order valence-corrected chi connectivity index (χ4v) is 2.65. The lowest BCUT2D eigenvalue weighted by atomic mass is 9.76. The summed E-state index contributed by atoms with van der Waals surface area (Å²) >= 11 is 0. The van der Waals surface area contributed by atoms with Crippen molar-refractivity contribution < 1.29 is 9.84 Å². The van der Waals surface area contributed by atoms with Gasteiger partial charge in [0.05, 0.1) is 0 Å². The van der Waals surface area contributed by atoms with E-state index in [0.29, 0.717) is 5.92 Å². The van der Waals surface area contributed by atoms with Gasteiger partial charge in [-0.3, -0.25) is 0 Å². The van der Waals surface area contributed by atoms with Gasteiger partial charge in [-0.2, -0.15) is 0 Å². The lowest BCUT2D eigenvalue weighted by Crippen LogP contribution is -2.35. The van der Waals surface area contributed by atoms with Gasteiger partial charge in [-0.05, 0) is 36.3 Å². The van der Waals surface area contributed by atoms with Crippen LogP contribution in [0.5, 0.6) is 0 Å². The minimum Gasteiger partial charge on any atom is -0.396 e. The first-order chi connectivity index (χ1) is 8.65. The van der Waals surface area contributed by atoms with Crippen LogP contribution in [0.1, 0.15) is 43.7 Å². The molecule has 0 atom stereocenters.